The number of benzene rings is 1. The molecule has 2 amide bonds. The maximum absolute atomic E-state index is 12.4. The minimum absolute atomic E-state index is 0. The minimum Gasteiger partial charge on any atom is -0.676 e. The van der Waals surface area contributed by atoms with E-state index in [2.05, 4.69) is 24.5 Å². The molecule has 0 radical (unpaired) electrons. The van der Waals surface area contributed by atoms with Gasteiger partial charge >= 0.3 is 96.8 Å². The molecule has 672 valence electrons. The van der Waals surface area contributed by atoms with Gasteiger partial charge in [-0.05, 0) is 74.7 Å². The third-order valence-corrected chi connectivity index (χ3v) is 16.4. The molecule has 4 atom stereocenters. The summed E-state index contributed by atoms with van der Waals surface area (Å²) in [7, 11) is 3.23. The van der Waals surface area contributed by atoms with Crippen molar-refractivity contribution in [3.63, 3.8) is 0 Å². The molecule has 40 heteroatoms. The van der Waals surface area contributed by atoms with Gasteiger partial charge in [-0.1, -0.05) is 88.5 Å². The van der Waals surface area contributed by atoms with Crippen molar-refractivity contribution in [2.45, 2.75) is 181 Å². The van der Waals surface area contributed by atoms with Gasteiger partial charge in [-0.25, -0.2) is 29.1 Å². The molecule has 2 aliphatic heterocycles. The van der Waals surface area contributed by atoms with Gasteiger partial charge < -0.3 is 132 Å². The molecular formula is C78H118GdN11O26Pt2-3. The zero-order chi connectivity index (χ0) is 84.8. The number of carboxylic acids is 8. The van der Waals surface area contributed by atoms with Crippen LogP contribution in [-0.4, -0.2) is 251 Å². The second kappa shape index (κ2) is 70.4. The number of amides is 2. The Labute approximate surface area is 750 Å². The van der Waals surface area contributed by atoms with Gasteiger partial charge in [-0.15, -0.1) is 11.0 Å². The molecule has 1 aromatic carbocycles. The van der Waals surface area contributed by atoms with Gasteiger partial charge in [0.25, 0.3) is 11.9 Å². The van der Waals surface area contributed by atoms with E-state index in [0.717, 1.165) is 84.0 Å². The Balaban J connectivity index is -0.000000852. The fourth-order valence-electron chi connectivity index (χ4n) is 10.7. The molecule has 4 aliphatic rings. The van der Waals surface area contributed by atoms with Crippen molar-refractivity contribution in [3.05, 3.63) is 108 Å². The minimum atomic E-state index is -1.82. The van der Waals surface area contributed by atoms with Gasteiger partial charge in [-0.3, -0.25) is 38.7 Å². The summed E-state index contributed by atoms with van der Waals surface area (Å²) in [5.74, 6) is -10.9. The van der Waals surface area contributed by atoms with E-state index < -0.39 is 47.8 Å². The number of aromatic nitrogens is 5. The first-order valence-electron chi connectivity index (χ1n) is 36.9. The molecule has 0 spiro atoms. The van der Waals surface area contributed by atoms with Gasteiger partial charge in [0.05, 0.1) is 125 Å². The smallest absolute Gasteiger partial charge is 0.676 e. The van der Waals surface area contributed by atoms with Crippen LogP contribution in [0.4, 0.5) is 0 Å². The zero-order valence-corrected chi connectivity index (χ0v) is 75.4. The molecule has 2 fully saturated rings. The first kappa shape index (κ1) is 119. The van der Waals surface area contributed by atoms with Crippen molar-refractivity contribution in [2.24, 2.45) is 0 Å². The van der Waals surface area contributed by atoms with E-state index in [9.17, 15) is 19.2 Å². The van der Waals surface area contributed by atoms with Crippen LogP contribution in [0.5, 0.6) is 11.5 Å². The van der Waals surface area contributed by atoms with E-state index in [0.29, 0.717) is 150 Å². The number of allylic oxidation sites excluding steroid dienone is 4. The monoisotopic (exact) mass is 2170 g/mol. The van der Waals surface area contributed by atoms with Crippen LogP contribution in [0.15, 0.2) is 36.7 Å². The maximum Gasteiger partial charge on any atom is 2.00 e. The van der Waals surface area contributed by atoms with E-state index in [1.54, 1.807) is 38.7 Å². The second-order valence-corrected chi connectivity index (χ2v) is 25.2. The Morgan fingerprint density at radius 1 is 0.458 bits per heavy atom. The normalized spacial score (nSPS) is 14.5. The maximum atomic E-state index is 12.4. The van der Waals surface area contributed by atoms with Crippen LogP contribution in [0.1, 0.15) is 178 Å². The van der Waals surface area contributed by atoms with Crippen LogP contribution in [0.3, 0.4) is 0 Å². The van der Waals surface area contributed by atoms with E-state index in [1.807, 2.05) is 26.0 Å². The number of carboxylic acid groups (broad SMARTS) is 8. The molecule has 37 nitrogen and oxygen atoms in total. The van der Waals surface area contributed by atoms with Crippen molar-refractivity contribution in [1.29, 1.82) is 0 Å². The number of hydrogen-bond acceptors (Lipinski definition) is 22. The number of fused-ring (bicyclic) bond motifs is 7. The van der Waals surface area contributed by atoms with Crippen LogP contribution < -0.4 is 25.1 Å². The summed E-state index contributed by atoms with van der Waals surface area (Å²) in [6.45, 7) is 15.4. The van der Waals surface area contributed by atoms with Crippen molar-refractivity contribution < 1.29 is 209 Å². The molecule has 7 rings (SSSR count). The largest absolute Gasteiger partial charge is 2.00 e. The average Bonchev–Trinajstić information content (AvgIpc) is 1.63. The Morgan fingerprint density at radius 2 is 0.737 bits per heavy atom. The number of methoxy groups -OCH3 is 2. The number of carbonyl (C=O) groups is 10. The molecule has 118 heavy (non-hydrogen) atoms. The number of nitrogens with zero attached hydrogens (tertiary/aromatic N) is 5. The Bertz CT molecular complexity index is 3510. The van der Waals surface area contributed by atoms with E-state index in [1.165, 1.54) is 25.7 Å². The van der Waals surface area contributed by atoms with E-state index in [4.69, 9.17) is 155 Å². The number of aryl methyl sites for hydroxylation is 2. The third-order valence-electron chi connectivity index (χ3n) is 16.4. The third kappa shape index (κ3) is 52.7. The summed E-state index contributed by atoms with van der Waals surface area (Å²) in [6.07, 6.45) is 14.8. The van der Waals surface area contributed by atoms with Gasteiger partial charge in [0.1, 0.15) is 13.2 Å². The van der Waals surface area contributed by atoms with E-state index in [-0.39, 0.29) is 185 Å². The van der Waals surface area contributed by atoms with Crippen molar-refractivity contribution in [1.82, 2.24) is 35.6 Å². The van der Waals surface area contributed by atoms with Gasteiger partial charge in [0.2, 0.25) is 11.8 Å². The van der Waals surface area contributed by atoms with Crippen molar-refractivity contribution in [2.75, 3.05) is 107 Å². The number of hydrogen-bond donors (Lipinski definition) is 10. The number of rotatable bonds is 36. The SMILES string of the molecule is CC(=O)O.CC(=O)O.CCc1c(CC)c2cc3nc(cnc4cc(OCCOCCOCCOC)c(OCCOCCOCCOC)cc4ncc4nc(cc1[n-]2)C(CCCNC(=O)CCC(=O)O)=C4C)C(C)=C3CCCNC(=O)CCC(=O)O.O=C(O)C(=O)O.O=C(O)C(=O)O.[CH3-].[CH3-].[Gd+2].[NH-]C1CCCCC1[NH-].[NH-]C1CCCCC1[NH-].[Pt+2].[Pt]. The number of carbonyl (C=O) groups excluding carboxylic acids is 2. The second-order valence-electron chi connectivity index (χ2n) is 25.2. The molecule has 6 bridgehead atoms. The fourth-order valence-corrected chi connectivity index (χ4v) is 10.7. The van der Waals surface area contributed by atoms with Crippen molar-refractivity contribution >= 4 is 104 Å². The summed E-state index contributed by atoms with van der Waals surface area (Å²) in [5.41, 5.74) is 40.1. The van der Waals surface area contributed by atoms with Crippen LogP contribution in [-0.2, 0) is 131 Å². The summed E-state index contributed by atoms with van der Waals surface area (Å²) < 4.78 is 45.4. The molecule has 2 aliphatic carbocycles. The predicted molar refractivity (Wildman–Crippen MR) is 429 cm³/mol. The van der Waals surface area contributed by atoms with Crippen LogP contribution >= 0.6 is 0 Å². The Morgan fingerprint density at radius 3 is 0.992 bits per heavy atom. The summed E-state index contributed by atoms with van der Waals surface area (Å²) in [4.78, 5) is 127. The Hall–Kier alpha value is -7.26. The van der Waals surface area contributed by atoms with E-state index >= 15 is 0 Å². The number of aliphatic carboxylic acids is 8. The summed E-state index contributed by atoms with van der Waals surface area (Å²) in [5, 5.41) is 68.2. The Kier molecular flexibility index (Phi) is 71.2. The van der Waals surface area contributed by atoms with Crippen LogP contribution in [0.2, 0.25) is 0 Å². The molecule has 14 N–H and O–H groups in total. The number of ether oxygens (including phenoxy) is 8. The molecule has 2 saturated carbocycles. The first-order valence-corrected chi connectivity index (χ1v) is 36.9. The topological polar surface area (TPSA) is 591 Å². The number of nitrogens with one attached hydrogen (secondary N) is 6. The zero-order valence-electron chi connectivity index (χ0n) is 68.5. The summed E-state index contributed by atoms with van der Waals surface area (Å²) in [6, 6.07) is 7.24. The molecule has 4 unspecified atom stereocenters. The molecule has 3 aromatic rings. The molecule has 0 saturated heterocycles. The van der Waals surface area contributed by atoms with Gasteiger partial charge in [0.15, 0.2) is 11.5 Å². The van der Waals surface area contributed by atoms with Crippen LogP contribution in [0.25, 0.3) is 67.3 Å². The average molecular weight is 2170 g/mol. The quantitative estimate of drug-likeness (QED) is 0.0147. The van der Waals surface area contributed by atoms with Gasteiger partial charge in [-0.2, -0.15) is 24.2 Å². The summed E-state index contributed by atoms with van der Waals surface area (Å²) >= 11 is 0. The first-order chi connectivity index (χ1) is 53.7. The molecular weight excluding hydrogens is 2050 g/mol. The predicted octanol–water partition coefficient (Wildman–Crippen LogP) is 10.8. The van der Waals surface area contributed by atoms with Crippen LogP contribution in [0, 0.1) is 54.8 Å². The molecule has 4 heterocycles. The standard InChI is InChI=1S/C56H77N7O14.2C6H12N2.2C2H2O4.2C2H4O2.2CH3.Gd.2Pt/c1-7-39-40(8-2)44-32-46-42(12-10-18-58-54(65)14-16-56(68)69)38(4)50(63-46)36-60-48-34-52(77-30-28-75-26-24-73-22-20-71-6)51(76-29-27-74-25-23-72-21-19-70-5)33-47(48)59-35-49-37(3)41(45(62-49)31-43(39)61-44)11-9-17-57-53(64)13-15-55(66)67;2*7-5-3-1-2-4-6(5)8;2*3-1(4)2(5)6;2*1-2(3)4;;;;;/h31-36H,7-30H2,1-6H3,(H5,57,58,59,60,61,62,63,64,65,66,67,68,69);2*5-8H,1-4H2;2*(H,3,4)(H,5,6);2*1H3,(H,3,4);2*1H3;;;/q;2*-2;;;;;2*-1;+2;;+2/p-1. The fraction of sp³-hybridized carbons (Fsp3) is 0.564. The van der Waals surface area contributed by atoms with Crippen molar-refractivity contribution in [3.8, 4) is 11.5 Å². The van der Waals surface area contributed by atoms with Gasteiger partial charge in [0, 0.05) is 87.2 Å². The molecule has 2 aromatic heterocycles.